The van der Waals surface area contributed by atoms with Gasteiger partial charge in [0.1, 0.15) is 0 Å². The molecule has 0 aliphatic rings. The number of rotatable bonds is 9. The maximum absolute atomic E-state index is 12.5. The van der Waals surface area contributed by atoms with E-state index in [-0.39, 0.29) is 12.5 Å². The van der Waals surface area contributed by atoms with Gasteiger partial charge in [0, 0.05) is 31.4 Å². The highest BCUT2D eigenvalue weighted by atomic mass is 32.2. The van der Waals surface area contributed by atoms with Crippen molar-refractivity contribution in [1.82, 2.24) is 5.32 Å². The van der Waals surface area contributed by atoms with Crippen LogP contribution in [-0.2, 0) is 16.6 Å². The fourth-order valence-electron chi connectivity index (χ4n) is 3.55. The minimum absolute atomic E-state index is 0.155. The summed E-state index contributed by atoms with van der Waals surface area (Å²) < 4.78 is 26.4. The highest BCUT2D eigenvalue weighted by Crippen LogP contribution is 2.26. The molecule has 0 bridgehead atoms. The second kappa shape index (κ2) is 10.5. The van der Waals surface area contributed by atoms with Gasteiger partial charge in [-0.3, -0.25) is 9.10 Å². The Morgan fingerprint density at radius 3 is 2.24 bits per heavy atom. The fourth-order valence-corrected chi connectivity index (χ4v) is 4.48. The van der Waals surface area contributed by atoms with Crippen LogP contribution in [0.3, 0.4) is 0 Å². The van der Waals surface area contributed by atoms with E-state index in [0.717, 1.165) is 22.4 Å². The van der Waals surface area contributed by atoms with Crippen LogP contribution in [0.25, 0.3) is 0 Å². The molecule has 7 heteroatoms. The Balaban J connectivity index is 1.63. The summed E-state index contributed by atoms with van der Waals surface area (Å²) in [6.07, 6.45) is 1.21. The summed E-state index contributed by atoms with van der Waals surface area (Å²) in [6, 6.07) is 22.8. The van der Waals surface area contributed by atoms with Crippen molar-refractivity contribution in [3.63, 3.8) is 0 Å². The van der Waals surface area contributed by atoms with Crippen LogP contribution in [0.15, 0.2) is 72.8 Å². The lowest BCUT2D eigenvalue weighted by atomic mass is 10.1. The van der Waals surface area contributed by atoms with Gasteiger partial charge in [-0.2, -0.15) is 0 Å². The van der Waals surface area contributed by atoms with Crippen LogP contribution in [0, 0.1) is 13.8 Å². The number of nitrogens with zero attached hydrogens (tertiary/aromatic N) is 2. The number of anilines is 2. The number of carbonyl (C=O) groups excluding carboxylic acids is 1. The third-order valence-electron chi connectivity index (χ3n) is 5.51. The molecule has 0 unspecified atom stereocenters. The Morgan fingerprint density at radius 1 is 0.939 bits per heavy atom. The summed E-state index contributed by atoms with van der Waals surface area (Å²) in [7, 11) is -1.49. The van der Waals surface area contributed by atoms with Crippen LogP contribution in [0.2, 0.25) is 0 Å². The zero-order chi connectivity index (χ0) is 24.0. The third kappa shape index (κ3) is 6.58. The molecule has 0 radical (unpaired) electrons. The average molecular weight is 466 g/mol. The summed E-state index contributed by atoms with van der Waals surface area (Å²) in [5, 5.41) is 2.94. The zero-order valence-corrected chi connectivity index (χ0v) is 20.4. The van der Waals surface area contributed by atoms with Crippen LogP contribution in [0.5, 0.6) is 0 Å². The van der Waals surface area contributed by atoms with Gasteiger partial charge in [-0.15, -0.1) is 0 Å². The van der Waals surface area contributed by atoms with E-state index >= 15 is 0 Å². The maximum Gasteiger partial charge on any atom is 0.251 e. The molecule has 6 nitrogen and oxygen atoms in total. The van der Waals surface area contributed by atoms with Gasteiger partial charge in [-0.1, -0.05) is 42.5 Å². The van der Waals surface area contributed by atoms with Crippen molar-refractivity contribution in [2.45, 2.75) is 20.4 Å². The molecule has 3 aromatic carbocycles. The number of para-hydroxylation sites is 1. The van der Waals surface area contributed by atoms with E-state index in [0.29, 0.717) is 24.3 Å². The molecule has 0 saturated heterocycles. The van der Waals surface area contributed by atoms with Gasteiger partial charge >= 0.3 is 0 Å². The minimum Gasteiger partial charge on any atom is -0.373 e. The summed E-state index contributed by atoms with van der Waals surface area (Å²) >= 11 is 0. The lowest BCUT2D eigenvalue weighted by Crippen LogP contribution is -2.33. The second-order valence-corrected chi connectivity index (χ2v) is 10.2. The number of nitrogens with one attached hydrogen (secondary N) is 1. The quantitative estimate of drug-likeness (QED) is 0.516. The second-order valence-electron chi connectivity index (χ2n) is 8.27. The molecule has 1 N–H and O–H groups in total. The predicted octanol–water partition coefficient (Wildman–Crippen LogP) is 4.14. The van der Waals surface area contributed by atoms with Crippen LogP contribution >= 0.6 is 0 Å². The summed E-state index contributed by atoms with van der Waals surface area (Å²) in [4.78, 5) is 14.6. The van der Waals surface area contributed by atoms with Crippen molar-refractivity contribution in [2.75, 3.05) is 35.6 Å². The molecule has 0 fully saturated rings. The van der Waals surface area contributed by atoms with E-state index in [4.69, 9.17) is 0 Å². The Kier molecular flexibility index (Phi) is 7.76. The number of likely N-dealkylation sites (N-methyl/N-ethyl adjacent to an activating group) is 1. The largest absolute Gasteiger partial charge is 0.373 e. The fraction of sp³-hybridized carbons (Fsp3) is 0.269. The highest BCUT2D eigenvalue weighted by Gasteiger charge is 2.20. The first-order valence-corrected chi connectivity index (χ1v) is 12.7. The van der Waals surface area contributed by atoms with Crippen molar-refractivity contribution < 1.29 is 13.2 Å². The average Bonchev–Trinajstić information content (AvgIpc) is 2.79. The monoisotopic (exact) mass is 465 g/mol. The standard InChI is InChI=1S/C26H31N3O3S/c1-20-10-11-21(2)25(18-20)29(33(4,31)32)19-22-12-14-23(15-13-22)26(30)27-16-17-28(3)24-8-6-5-7-9-24/h5-15,18H,16-17,19H2,1-4H3,(H,27,30). The van der Waals surface area contributed by atoms with Crippen molar-refractivity contribution in [3.8, 4) is 0 Å². The molecule has 3 rings (SSSR count). The van der Waals surface area contributed by atoms with E-state index < -0.39 is 10.0 Å². The molecule has 0 aliphatic carbocycles. The predicted molar refractivity (Wildman–Crippen MR) is 135 cm³/mol. The number of sulfonamides is 1. The molecule has 0 spiro atoms. The van der Waals surface area contributed by atoms with Crippen molar-refractivity contribution in [3.05, 3.63) is 95.1 Å². The molecule has 1 amide bonds. The molecule has 0 saturated carbocycles. The number of benzene rings is 3. The Labute approximate surface area is 196 Å². The minimum atomic E-state index is -3.48. The Hall–Kier alpha value is -3.32. The summed E-state index contributed by atoms with van der Waals surface area (Å²) in [5.41, 5.74) is 4.99. The Morgan fingerprint density at radius 2 is 1.61 bits per heavy atom. The van der Waals surface area contributed by atoms with E-state index in [2.05, 4.69) is 10.2 Å². The molecule has 0 aliphatic heterocycles. The number of hydrogen-bond acceptors (Lipinski definition) is 4. The summed E-state index contributed by atoms with van der Waals surface area (Å²) in [5.74, 6) is -0.155. The Bertz CT molecular complexity index is 1190. The SMILES string of the molecule is Cc1ccc(C)c(N(Cc2ccc(C(=O)NCCN(C)c3ccccc3)cc2)S(C)(=O)=O)c1. The van der Waals surface area contributed by atoms with Crippen molar-refractivity contribution in [2.24, 2.45) is 0 Å². The smallest absolute Gasteiger partial charge is 0.251 e. The van der Waals surface area contributed by atoms with Gasteiger partial charge in [0.05, 0.1) is 18.5 Å². The van der Waals surface area contributed by atoms with Gasteiger partial charge < -0.3 is 10.2 Å². The van der Waals surface area contributed by atoms with E-state index in [9.17, 15) is 13.2 Å². The molecular formula is C26H31N3O3S. The summed E-state index contributed by atoms with van der Waals surface area (Å²) in [6.45, 7) is 5.24. The van der Waals surface area contributed by atoms with Crippen LogP contribution in [-0.4, -0.2) is 40.7 Å². The van der Waals surface area contributed by atoms with Gasteiger partial charge in [-0.05, 0) is 60.9 Å². The van der Waals surface area contributed by atoms with E-state index in [1.807, 2.05) is 69.4 Å². The number of aryl methyl sites for hydroxylation is 2. The maximum atomic E-state index is 12.5. The molecule has 0 atom stereocenters. The number of carbonyl (C=O) groups is 1. The molecule has 174 valence electrons. The third-order valence-corrected chi connectivity index (χ3v) is 6.63. The van der Waals surface area contributed by atoms with Crippen LogP contribution < -0.4 is 14.5 Å². The van der Waals surface area contributed by atoms with Crippen LogP contribution in [0.4, 0.5) is 11.4 Å². The van der Waals surface area contributed by atoms with E-state index in [1.165, 1.54) is 10.6 Å². The molecular weight excluding hydrogens is 434 g/mol. The first-order valence-electron chi connectivity index (χ1n) is 10.8. The lowest BCUT2D eigenvalue weighted by molar-refractivity contribution is 0.0954. The highest BCUT2D eigenvalue weighted by molar-refractivity contribution is 7.92. The molecule has 3 aromatic rings. The van der Waals surface area contributed by atoms with Gasteiger partial charge in [0.15, 0.2) is 0 Å². The van der Waals surface area contributed by atoms with Gasteiger partial charge in [0.25, 0.3) is 5.91 Å². The van der Waals surface area contributed by atoms with E-state index in [1.54, 1.807) is 24.3 Å². The zero-order valence-electron chi connectivity index (χ0n) is 19.6. The molecule has 0 heterocycles. The first-order chi connectivity index (χ1) is 15.6. The van der Waals surface area contributed by atoms with Crippen LogP contribution in [0.1, 0.15) is 27.0 Å². The molecule has 0 aromatic heterocycles. The van der Waals surface area contributed by atoms with Gasteiger partial charge in [-0.25, -0.2) is 8.42 Å². The van der Waals surface area contributed by atoms with Gasteiger partial charge in [0.2, 0.25) is 10.0 Å². The molecule has 33 heavy (non-hydrogen) atoms. The van der Waals surface area contributed by atoms with Crippen molar-refractivity contribution >= 4 is 27.3 Å². The normalized spacial score (nSPS) is 11.2. The number of amides is 1. The lowest BCUT2D eigenvalue weighted by Gasteiger charge is -2.25. The van der Waals surface area contributed by atoms with Crippen molar-refractivity contribution in [1.29, 1.82) is 0 Å². The topological polar surface area (TPSA) is 69.7 Å². The first kappa shape index (κ1) is 24.3. The number of hydrogen-bond donors (Lipinski definition) is 1.